The normalized spacial score (nSPS) is 10.1. The van der Waals surface area contributed by atoms with Crippen LogP contribution >= 0.6 is 12.2 Å². The smallest absolute Gasteiger partial charge is 0.264 e. The third-order valence-electron chi connectivity index (χ3n) is 3.74. The van der Waals surface area contributed by atoms with Gasteiger partial charge in [0, 0.05) is 0 Å². The minimum atomic E-state index is -0.477. The zero-order valence-electron chi connectivity index (χ0n) is 14.5. The Bertz CT molecular complexity index is 799. The van der Waals surface area contributed by atoms with Crippen molar-refractivity contribution in [1.82, 2.24) is 5.32 Å². The first kappa shape index (κ1) is 18.5. The lowest BCUT2D eigenvalue weighted by Crippen LogP contribution is -2.34. The average molecular weight is 360 g/mol. The van der Waals surface area contributed by atoms with Crippen LogP contribution in [0.25, 0.3) is 0 Å². The van der Waals surface area contributed by atoms with E-state index in [2.05, 4.69) is 10.6 Å². The Kier molecular flexibility index (Phi) is 5.82. The van der Waals surface area contributed by atoms with Gasteiger partial charge in [-0.05, 0) is 61.5 Å². The van der Waals surface area contributed by atoms with E-state index in [9.17, 15) is 9.90 Å². The number of aromatic hydroxyl groups is 1. The second kappa shape index (κ2) is 7.85. The SMILES string of the molecule is COc1cccc(OC)c1C(=O)NC(=S)Nc1cc(C)c(C)cc1O. The molecule has 0 aliphatic carbocycles. The van der Waals surface area contributed by atoms with Gasteiger partial charge in [-0.2, -0.15) is 0 Å². The van der Waals surface area contributed by atoms with Gasteiger partial charge >= 0.3 is 0 Å². The summed E-state index contributed by atoms with van der Waals surface area (Å²) in [5.41, 5.74) is 2.60. The van der Waals surface area contributed by atoms with Crippen LogP contribution in [0.5, 0.6) is 17.2 Å². The lowest BCUT2D eigenvalue weighted by atomic mass is 10.1. The van der Waals surface area contributed by atoms with Gasteiger partial charge in [0.15, 0.2) is 5.11 Å². The van der Waals surface area contributed by atoms with E-state index in [1.165, 1.54) is 14.2 Å². The Labute approximate surface area is 151 Å². The number of thiocarbonyl (C=S) groups is 1. The Hall–Kier alpha value is -2.80. The highest BCUT2D eigenvalue weighted by Crippen LogP contribution is 2.29. The van der Waals surface area contributed by atoms with Crippen molar-refractivity contribution < 1.29 is 19.4 Å². The van der Waals surface area contributed by atoms with Crippen molar-refractivity contribution in [2.24, 2.45) is 0 Å². The van der Waals surface area contributed by atoms with Crippen LogP contribution in [-0.2, 0) is 0 Å². The van der Waals surface area contributed by atoms with E-state index in [0.717, 1.165) is 11.1 Å². The number of carbonyl (C=O) groups excluding carboxylic acids is 1. The molecule has 0 saturated heterocycles. The Morgan fingerprint density at radius 3 is 2.20 bits per heavy atom. The number of hydrogen-bond donors (Lipinski definition) is 3. The van der Waals surface area contributed by atoms with Gasteiger partial charge in [0.05, 0.1) is 19.9 Å². The molecule has 2 aromatic rings. The Morgan fingerprint density at radius 2 is 1.64 bits per heavy atom. The summed E-state index contributed by atoms with van der Waals surface area (Å²) in [6.07, 6.45) is 0. The first-order valence-corrected chi connectivity index (χ1v) is 7.91. The molecular formula is C18H20N2O4S. The van der Waals surface area contributed by atoms with Crippen LogP contribution in [0.2, 0.25) is 0 Å². The second-order valence-electron chi connectivity index (χ2n) is 5.40. The van der Waals surface area contributed by atoms with E-state index in [1.54, 1.807) is 30.3 Å². The molecule has 3 N–H and O–H groups in total. The van der Waals surface area contributed by atoms with E-state index < -0.39 is 5.91 Å². The van der Waals surface area contributed by atoms with E-state index >= 15 is 0 Å². The lowest BCUT2D eigenvalue weighted by Gasteiger charge is -2.15. The fraction of sp³-hybridized carbons (Fsp3) is 0.222. The average Bonchev–Trinajstić information content (AvgIpc) is 2.58. The summed E-state index contributed by atoms with van der Waals surface area (Å²) in [6.45, 7) is 3.81. The first-order chi connectivity index (χ1) is 11.9. The molecular weight excluding hydrogens is 340 g/mol. The summed E-state index contributed by atoms with van der Waals surface area (Å²) >= 11 is 5.17. The van der Waals surface area contributed by atoms with Gasteiger partial charge in [0.25, 0.3) is 5.91 Å². The number of amides is 1. The van der Waals surface area contributed by atoms with Gasteiger partial charge in [-0.25, -0.2) is 0 Å². The van der Waals surface area contributed by atoms with Crippen LogP contribution in [0.15, 0.2) is 30.3 Å². The van der Waals surface area contributed by atoms with E-state index in [0.29, 0.717) is 17.2 Å². The van der Waals surface area contributed by atoms with Crippen LogP contribution in [0.4, 0.5) is 5.69 Å². The van der Waals surface area contributed by atoms with Crippen LogP contribution in [0, 0.1) is 13.8 Å². The van der Waals surface area contributed by atoms with Crippen molar-refractivity contribution >= 4 is 28.9 Å². The van der Waals surface area contributed by atoms with Crippen molar-refractivity contribution in [3.8, 4) is 17.2 Å². The lowest BCUT2D eigenvalue weighted by molar-refractivity contribution is 0.0971. The Morgan fingerprint density at radius 1 is 1.08 bits per heavy atom. The van der Waals surface area contributed by atoms with Crippen molar-refractivity contribution in [1.29, 1.82) is 0 Å². The van der Waals surface area contributed by atoms with Crippen molar-refractivity contribution in [3.63, 3.8) is 0 Å². The Balaban J connectivity index is 2.19. The molecule has 132 valence electrons. The standard InChI is InChI=1S/C18H20N2O4S/c1-10-8-12(13(21)9-11(10)2)19-18(25)20-17(22)16-14(23-3)6-5-7-15(16)24-4/h5-9,21H,1-4H3,(H2,19,20,22,25). The molecule has 25 heavy (non-hydrogen) atoms. The van der Waals surface area contributed by atoms with Crippen LogP contribution in [-0.4, -0.2) is 30.3 Å². The number of aryl methyl sites for hydroxylation is 2. The molecule has 0 saturated carbocycles. The molecule has 0 aromatic heterocycles. The number of methoxy groups -OCH3 is 2. The minimum Gasteiger partial charge on any atom is -0.506 e. The molecule has 0 unspecified atom stereocenters. The molecule has 0 heterocycles. The third-order valence-corrected chi connectivity index (χ3v) is 3.95. The van der Waals surface area contributed by atoms with Gasteiger partial charge in [-0.3, -0.25) is 10.1 Å². The van der Waals surface area contributed by atoms with Crippen LogP contribution < -0.4 is 20.1 Å². The minimum absolute atomic E-state index is 0.0505. The number of benzene rings is 2. The fourth-order valence-electron chi connectivity index (χ4n) is 2.30. The monoisotopic (exact) mass is 360 g/mol. The van der Waals surface area contributed by atoms with E-state index in [4.69, 9.17) is 21.7 Å². The number of phenolic OH excluding ortho intramolecular Hbond substituents is 1. The number of ether oxygens (including phenoxy) is 2. The summed E-state index contributed by atoms with van der Waals surface area (Å²) in [6, 6.07) is 8.42. The molecule has 0 radical (unpaired) electrons. The van der Waals surface area contributed by atoms with Crippen LogP contribution in [0.1, 0.15) is 21.5 Å². The molecule has 2 aromatic carbocycles. The summed E-state index contributed by atoms with van der Waals surface area (Å²) in [7, 11) is 2.94. The molecule has 0 aliphatic heterocycles. The first-order valence-electron chi connectivity index (χ1n) is 7.51. The fourth-order valence-corrected chi connectivity index (χ4v) is 2.50. The summed E-state index contributed by atoms with van der Waals surface area (Å²) in [4.78, 5) is 12.5. The molecule has 7 heteroatoms. The number of nitrogens with one attached hydrogen (secondary N) is 2. The van der Waals surface area contributed by atoms with E-state index in [-0.39, 0.29) is 16.4 Å². The number of hydrogen-bond acceptors (Lipinski definition) is 5. The maximum absolute atomic E-state index is 12.5. The molecule has 1 amide bonds. The molecule has 6 nitrogen and oxygen atoms in total. The quantitative estimate of drug-likeness (QED) is 0.574. The predicted molar refractivity (Wildman–Crippen MR) is 101 cm³/mol. The molecule has 0 spiro atoms. The van der Waals surface area contributed by atoms with Crippen molar-refractivity contribution in [3.05, 3.63) is 47.0 Å². The maximum Gasteiger partial charge on any atom is 0.264 e. The van der Waals surface area contributed by atoms with E-state index in [1.807, 2.05) is 13.8 Å². The van der Waals surface area contributed by atoms with Gasteiger partial charge in [-0.15, -0.1) is 0 Å². The molecule has 0 atom stereocenters. The van der Waals surface area contributed by atoms with Crippen molar-refractivity contribution in [2.45, 2.75) is 13.8 Å². The summed E-state index contributed by atoms with van der Waals surface area (Å²) in [5.74, 6) is 0.312. The molecule has 0 bridgehead atoms. The topological polar surface area (TPSA) is 79.8 Å². The zero-order valence-corrected chi connectivity index (χ0v) is 15.3. The number of anilines is 1. The highest BCUT2D eigenvalue weighted by Gasteiger charge is 2.19. The van der Waals surface area contributed by atoms with Gasteiger partial charge < -0.3 is 19.9 Å². The van der Waals surface area contributed by atoms with Crippen LogP contribution in [0.3, 0.4) is 0 Å². The number of phenols is 1. The van der Waals surface area contributed by atoms with Gasteiger partial charge in [0.2, 0.25) is 0 Å². The maximum atomic E-state index is 12.5. The second-order valence-corrected chi connectivity index (χ2v) is 5.81. The van der Waals surface area contributed by atoms with Crippen molar-refractivity contribution in [2.75, 3.05) is 19.5 Å². The zero-order chi connectivity index (χ0) is 18.6. The van der Waals surface area contributed by atoms with Gasteiger partial charge in [-0.1, -0.05) is 6.07 Å². The highest BCUT2D eigenvalue weighted by atomic mass is 32.1. The molecule has 2 rings (SSSR count). The summed E-state index contributed by atoms with van der Waals surface area (Å²) < 4.78 is 10.4. The largest absolute Gasteiger partial charge is 0.506 e. The third kappa shape index (κ3) is 4.19. The molecule has 0 fully saturated rings. The summed E-state index contributed by atoms with van der Waals surface area (Å²) in [5, 5.41) is 15.4. The van der Waals surface area contributed by atoms with Gasteiger partial charge in [0.1, 0.15) is 22.8 Å². The number of carbonyl (C=O) groups is 1. The predicted octanol–water partition coefficient (Wildman–Crippen LogP) is 3.15. The highest BCUT2D eigenvalue weighted by molar-refractivity contribution is 7.80. The number of rotatable bonds is 4. The molecule has 0 aliphatic rings.